The Balaban J connectivity index is 1.82. The van der Waals surface area contributed by atoms with Crippen molar-refractivity contribution in [2.24, 2.45) is 11.8 Å². The molecule has 1 N–H and O–H groups in total. The Morgan fingerprint density at radius 3 is 2.82 bits per heavy atom. The highest BCUT2D eigenvalue weighted by Gasteiger charge is 2.26. The van der Waals surface area contributed by atoms with Crippen LogP contribution in [0.3, 0.4) is 0 Å². The summed E-state index contributed by atoms with van der Waals surface area (Å²) < 4.78 is 0. The molecule has 0 saturated carbocycles. The number of hydrogen-bond acceptors (Lipinski definition) is 2. The van der Waals surface area contributed by atoms with Crippen LogP contribution in [0.5, 0.6) is 0 Å². The van der Waals surface area contributed by atoms with Crippen LogP contribution in [-0.2, 0) is 6.54 Å². The highest BCUT2D eigenvalue weighted by molar-refractivity contribution is 5.14. The molecule has 1 saturated heterocycles. The van der Waals surface area contributed by atoms with Crippen LogP contribution in [0.25, 0.3) is 0 Å². The summed E-state index contributed by atoms with van der Waals surface area (Å²) in [6.45, 7) is 7.14. The molecule has 0 radical (unpaired) electrons. The van der Waals surface area contributed by atoms with E-state index in [1.54, 1.807) is 0 Å². The fraction of sp³-hybridized carbons (Fsp3) is 0.600. The number of likely N-dealkylation sites (tertiary alicyclic amines) is 1. The molecule has 1 aromatic carbocycles. The van der Waals surface area contributed by atoms with E-state index in [-0.39, 0.29) is 0 Å². The van der Waals surface area contributed by atoms with Crippen molar-refractivity contribution in [3.8, 4) is 0 Å². The van der Waals surface area contributed by atoms with Crippen molar-refractivity contribution in [1.29, 1.82) is 0 Å². The zero-order valence-corrected chi connectivity index (χ0v) is 11.0. The zero-order chi connectivity index (χ0) is 12.1. The third kappa shape index (κ3) is 3.55. The summed E-state index contributed by atoms with van der Waals surface area (Å²) in [6, 6.07) is 10.8. The van der Waals surface area contributed by atoms with Crippen molar-refractivity contribution in [1.82, 2.24) is 10.2 Å². The van der Waals surface area contributed by atoms with Gasteiger partial charge in [-0.25, -0.2) is 0 Å². The van der Waals surface area contributed by atoms with Gasteiger partial charge in [-0.3, -0.25) is 4.90 Å². The van der Waals surface area contributed by atoms with Gasteiger partial charge in [-0.2, -0.15) is 0 Å². The molecular formula is C15H24N2. The van der Waals surface area contributed by atoms with Gasteiger partial charge in [0.25, 0.3) is 0 Å². The normalized spacial score (nSPS) is 22.8. The Morgan fingerprint density at radius 1 is 1.35 bits per heavy atom. The predicted octanol–water partition coefficient (Wildman–Crippen LogP) is 2.36. The molecule has 2 nitrogen and oxygen atoms in total. The van der Waals surface area contributed by atoms with Crippen LogP contribution in [0.15, 0.2) is 30.3 Å². The quantitative estimate of drug-likeness (QED) is 0.838. The van der Waals surface area contributed by atoms with E-state index in [1.807, 2.05) is 7.05 Å². The summed E-state index contributed by atoms with van der Waals surface area (Å²) in [4.78, 5) is 2.59. The molecule has 17 heavy (non-hydrogen) atoms. The second-order valence-electron chi connectivity index (χ2n) is 5.30. The van der Waals surface area contributed by atoms with Crippen molar-refractivity contribution in [3.05, 3.63) is 35.9 Å². The van der Waals surface area contributed by atoms with Crippen LogP contribution in [0.4, 0.5) is 0 Å². The van der Waals surface area contributed by atoms with Crippen LogP contribution in [0.2, 0.25) is 0 Å². The maximum Gasteiger partial charge on any atom is 0.0233 e. The molecule has 1 aliphatic heterocycles. The number of hydrogen-bond donors (Lipinski definition) is 1. The molecule has 1 aromatic rings. The highest BCUT2D eigenvalue weighted by atomic mass is 15.1. The first-order valence-corrected chi connectivity index (χ1v) is 6.70. The molecule has 0 spiro atoms. The second kappa shape index (κ2) is 6.18. The van der Waals surface area contributed by atoms with E-state index in [2.05, 4.69) is 47.5 Å². The maximum absolute atomic E-state index is 3.29. The van der Waals surface area contributed by atoms with Gasteiger partial charge in [0.05, 0.1) is 0 Å². The third-order valence-electron chi connectivity index (χ3n) is 3.89. The standard InChI is InChI=1S/C15H24N2/c1-13(10-16-2)15-8-9-17(12-15)11-14-6-4-3-5-7-14/h3-7,13,15-16H,8-12H2,1-2H3. The molecule has 2 heteroatoms. The first-order chi connectivity index (χ1) is 8.29. The SMILES string of the molecule is CNCC(C)C1CCN(Cc2ccccc2)C1. The average molecular weight is 232 g/mol. The van der Waals surface area contributed by atoms with Gasteiger partial charge in [-0.1, -0.05) is 37.3 Å². The highest BCUT2D eigenvalue weighted by Crippen LogP contribution is 2.24. The average Bonchev–Trinajstić information content (AvgIpc) is 2.79. The van der Waals surface area contributed by atoms with Gasteiger partial charge in [0.1, 0.15) is 0 Å². The Hall–Kier alpha value is -0.860. The molecule has 2 atom stereocenters. The van der Waals surface area contributed by atoms with Crippen LogP contribution >= 0.6 is 0 Å². The predicted molar refractivity (Wildman–Crippen MR) is 72.9 cm³/mol. The molecule has 2 unspecified atom stereocenters. The molecular weight excluding hydrogens is 208 g/mol. The monoisotopic (exact) mass is 232 g/mol. The van der Waals surface area contributed by atoms with E-state index in [9.17, 15) is 0 Å². The summed E-state index contributed by atoms with van der Waals surface area (Å²) >= 11 is 0. The van der Waals surface area contributed by atoms with Gasteiger partial charge >= 0.3 is 0 Å². The van der Waals surface area contributed by atoms with Crippen molar-refractivity contribution in [2.45, 2.75) is 19.9 Å². The minimum atomic E-state index is 0.792. The van der Waals surface area contributed by atoms with E-state index in [0.717, 1.165) is 24.9 Å². The Kier molecular flexibility index (Phi) is 4.57. The van der Waals surface area contributed by atoms with Gasteiger partial charge in [0.15, 0.2) is 0 Å². The van der Waals surface area contributed by atoms with Crippen LogP contribution in [0, 0.1) is 11.8 Å². The lowest BCUT2D eigenvalue weighted by atomic mass is 9.93. The van der Waals surface area contributed by atoms with Crippen LogP contribution in [-0.4, -0.2) is 31.6 Å². The van der Waals surface area contributed by atoms with Gasteiger partial charge < -0.3 is 5.32 Å². The van der Waals surface area contributed by atoms with Crippen molar-refractivity contribution < 1.29 is 0 Å². The van der Waals surface area contributed by atoms with Gasteiger partial charge in [0, 0.05) is 13.1 Å². The molecule has 1 aliphatic rings. The second-order valence-corrected chi connectivity index (χ2v) is 5.30. The largest absolute Gasteiger partial charge is 0.319 e. The van der Waals surface area contributed by atoms with E-state index in [1.165, 1.54) is 25.1 Å². The first-order valence-electron chi connectivity index (χ1n) is 6.70. The third-order valence-corrected chi connectivity index (χ3v) is 3.89. The van der Waals surface area contributed by atoms with Gasteiger partial charge in [-0.05, 0) is 44.0 Å². The molecule has 0 aliphatic carbocycles. The fourth-order valence-electron chi connectivity index (χ4n) is 2.80. The molecule has 0 aromatic heterocycles. The molecule has 1 fully saturated rings. The molecule has 2 rings (SSSR count). The van der Waals surface area contributed by atoms with E-state index >= 15 is 0 Å². The minimum Gasteiger partial charge on any atom is -0.319 e. The number of nitrogens with zero attached hydrogens (tertiary/aromatic N) is 1. The van der Waals surface area contributed by atoms with E-state index in [4.69, 9.17) is 0 Å². The van der Waals surface area contributed by atoms with Crippen LogP contribution in [0.1, 0.15) is 18.9 Å². The van der Waals surface area contributed by atoms with E-state index < -0.39 is 0 Å². The zero-order valence-electron chi connectivity index (χ0n) is 11.0. The van der Waals surface area contributed by atoms with Crippen molar-refractivity contribution >= 4 is 0 Å². The summed E-state index contributed by atoms with van der Waals surface area (Å²) in [5.74, 6) is 1.66. The van der Waals surface area contributed by atoms with Gasteiger partial charge in [0.2, 0.25) is 0 Å². The van der Waals surface area contributed by atoms with E-state index in [0.29, 0.717) is 0 Å². The Bertz CT molecular complexity index is 323. The Morgan fingerprint density at radius 2 is 2.12 bits per heavy atom. The molecule has 1 heterocycles. The smallest absolute Gasteiger partial charge is 0.0233 e. The number of benzene rings is 1. The molecule has 0 bridgehead atoms. The minimum absolute atomic E-state index is 0.792. The lowest BCUT2D eigenvalue weighted by molar-refractivity contribution is 0.288. The topological polar surface area (TPSA) is 15.3 Å². The summed E-state index contributed by atoms with van der Waals surface area (Å²) in [5, 5.41) is 3.29. The number of nitrogens with one attached hydrogen (secondary N) is 1. The summed E-state index contributed by atoms with van der Waals surface area (Å²) in [5.41, 5.74) is 1.44. The molecule has 0 amide bonds. The summed E-state index contributed by atoms with van der Waals surface area (Å²) in [7, 11) is 2.05. The molecule has 94 valence electrons. The van der Waals surface area contributed by atoms with Crippen molar-refractivity contribution in [3.63, 3.8) is 0 Å². The Labute approximate surface area is 105 Å². The summed E-state index contributed by atoms with van der Waals surface area (Å²) in [6.07, 6.45) is 1.36. The maximum atomic E-state index is 3.29. The fourth-order valence-corrected chi connectivity index (χ4v) is 2.80. The lowest BCUT2D eigenvalue weighted by Crippen LogP contribution is -2.26. The van der Waals surface area contributed by atoms with Crippen molar-refractivity contribution in [2.75, 3.05) is 26.7 Å². The van der Waals surface area contributed by atoms with Gasteiger partial charge in [-0.15, -0.1) is 0 Å². The number of rotatable bonds is 5. The van der Waals surface area contributed by atoms with Crippen LogP contribution < -0.4 is 5.32 Å². The first kappa shape index (κ1) is 12.6. The lowest BCUT2D eigenvalue weighted by Gasteiger charge is -2.20.